The van der Waals surface area contributed by atoms with E-state index in [1.165, 1.54) is 0 Å². The second-order valence-electron chi connectivity index (χ2n) is 8.67. The van der Waals surface area contributed by atoms with Crippen LogP contribution in [0.25, 0.3) is 38.9 Å². The minimum atomic E-state index is -0.154. The Balaban J connectivity index is 1.74. The van der Waals surface area contributed by atoms with Gasteiger partial charge in [-0.15, -0.1) is 0 Å². The minimum absolute atomic E-state index is 0.00407. The second-order valence-corrected chi connectivity index (χ2v) is 8.67. The number of hydrogen-bond donors (Lipinski definition) is 0. The molecule has 1 aliphatic rings. The number of nitrogens with zero attached hydrogens (tertiary/aromatic N) is 5. The zero-order valence-corrected chi connectivity index (χ0v) is 19.8. The molecule has 0 N–H and O–H groups in total. The van der Waals surface area contributed by atoms with Crippen LogP contribution in [0.2, 0.25) is 0 Å². The van der Waals surface area contributed by atoms with Crippen molar-refractivity contribution in [2.45, 2.75) is 32.4 Å². The minimum Gasteiger partial charge on any atom is -0.497 e. The van der Waals surface area contributed by atoms with Crippen molar-refractivity contribution >= 4 is 33.2 Å². The number of fused-ring (bicyclic) bond motifs is 4. The summed E-state index contributed by atoms with van der Waals surface area (Å²) in [6.45, 7) is 3.03. The summed E-state index contributed by atoms with van der Waals surface area (Å²) in [6.07, 6.45) is 1.93. The third-order valence-corrected chi connectivity index (χ3v) is 6.59. The van der Waals surface area contributed by atoms with Gasteiger partial charge >= 0.3 is 0 Å². The lowest BCUT2D eigenvalue weighted by Gasteiger charge is -2.15. The maximum atomic E-state index is 13.9. The number of aromatic nitrogens is 5. The number of hydrogen-bond acceptors (Lipinski definition) is 7. The van der Waals surface area contributed by atoms with Gasteiger partial charge in [0.25, 0.3) is 5.56 Å². The van der Waals surface area contributed by atoms with Crippen LogP contribution in [0.15, 0.2) is 47.3 Å². The molecular formula is C26H25N5O4. The van der Waals surface area contributed by atoms with Gasteiger partial charge in [0, 0.05) is 12.7 Å². The first kappa shape index (κ1) is 21.5. The predicted molar refractivity (Wildman–Crippen MR) is 133 cm³/mol. The van der Waals surface area contributed by atoms with Crippen LogP contribution in [0.1, 0.15) is 18.7 Å². The fourth-order valence-electron chi connectivity index (χ4n) is 4.84. The van der Waals surface area contributed by atoms with E-state index >= 15 is 0 Å². The van der Waals surface area contributed by atoms with Gasteiger partial charge in [0.15, 0.2) is 11.3 Å². The molecule has 9 nitrogen and oxygen atoms in total. The molecule has 3 aromatic heterocycles. The highest BCUT2D eigenvalue weighted by Crippen LogP contribution is 2.34. The Labute approximate surface area is 200 Å². The van der Waals surface area contributed by atoms with Gasteiger partial charge in [0.2, 0.25) is 0 Å². The van der Waals surface area contributed by atoms with E-state index in [0.717, 1.165) is 25.0 Å². The van der Waals surface area contributed by atoms with Gasteiger partial charge in [0.05, 0.1) is 43.6 Å². The number of methoxy groups -OCH3 is 2. The average molecular weight is 472 g/mol. The largest absolute Gasteiger partial charge is 0.497 e. The molecule has 1 aliphatic heterocycles. The molecule has 35 heavy (non-hydrogen) atoms. The van der Waals surface area contributed by atoms with E-state index in [1.54, 1.807) is 18.8 Å². The second kappa shape index (κ2) is 8.35. The van der Waals surface area contributed by atoms with Gasteiger partial charge in [-0.1, -0.05) is 12.1 Å². The van der Waals surface area contributed by atoms with Crippen LogP contribution < -0.4 is 15.0 Å². The third kappa shape index (κ3) is 3.42. The van der Waals surface area contributed by atoms with Crippen LogP contribution in [-0.4, -0.2) is 51.0 Å². The van der Waals surface area contributed by atoms with E-state index in [2.05, 4.69) is 0 Å². The molecule has 4 heterocycles. The topological polar surface area (TPSA) is 93.3 Å². The van der Waals surface area contributed by atoms with E-state index in [1.807, 2.05) is 54.0 Å². The van der Waals surface area contributed by atoms with Crippen LogP contribution in [-0.2, 0) is 11.3 Å². The molecule has 1 fully saturated rings. The highest BCUT2D eigenvalue weighted by atomic mass is 16.5. The first-order chi connectivity index (χ1) is 17.1. The van der Waals surface area contributed by atoms with Crippen LogP contribution >= 0.6 is 0 Å². The van der Waals surface area contributed by atoms with E-state index in [9.17, 15) is 4.79 Å². The highest BCUT2D eigenvalue weighted by Gasteiger charge is 2.25. The molecule has 0 spiro atoms. The molecule has 1 atom stereocenters. The summed E-state index contributed by atoms with van der Waals surface area (Å²) in [5, 5.41) is 0.423. The van der Waals surface area contributed by atoms with E-state index < -0.39 is 0 Å². The van der Waals surface area contributed by atoms with Crippen molar-refractivity contribution in [1.82, 2.24) is 24.1 Å². The molecule has 2 aromatic carbocycles. The van der Waals surface area contributed by atoms with Crippen molar-refractivity contribution in [1.29, 1.82) is 0 Å². The molecule has 0 unspecified atom stereocenters. The summed E-state index contributed by atoms with van der Waals surface area (Å²) in [5.41, 5.74) is 3.46. The lowest BCUT2D eigenvalue weighted by atomic mass is 10.2. The molecule has 0 aliphatic carbocycles. The number of rotatable bonds is 5. The molecule has 0 amide bonds. The first-order valence-corrected chi connectivity index (χ1v) is 11.6. The SMILES string of the molecule is COc1ccc(OC)c(-n2c3nc4ccccc4nc3c3c(=O)n(C[C@@H]4CCCO4)c(C)nc32)c1. The lowest BCUT2D eigenvalue weighted by molar-refractivity contribution is 0.0955. The van der Waals surface area contributed by atoms with Crippen molar-refractivity contribution in [3.05, 3.63) is 58.6 Å². The van der Waals surface area contributed by atoms with Gasteiger partial charge in [0.1, 0.15) is 28.2 Å². The average Bonchev–Trinajstić information content (AvgIpc) is 3.50. The summed E-state index contributed by atoms with van der Waals surface area (Å²) < 4.78 is 20.5. The quantitative estimate of drug-likeness (QED) is 0.385. The fourth-order valence-corrected chi connectivity index (χ4v) is 4.84. The molecular weight excluding hydrogens is 446 g/mol. The number of aryl methyl sites for hydroxylation is 1. The van der Waals surface area contributed by atoms with Crippen LogP contribution in [0.3, 0.4) is 0 Å². The molecule has 5 aromatic rings. The Kier molecular flexibility index (Phi) is 5.14. The maximum Gasteiger partial charge on any atom is 0.265 e. The van der Waals surface area contributed by atoms with Gasteiger partial charge in [-0.05, 0) is 44.0 Å². The van der Waals surface area contributed by atoms with Crippen molar-refractivity contribution in [2.75, 3.05) is 20.8 Å². The molecule has 0 bridgehead atoms. The standard InChI is InChI=1S/C26H25N5O4/c1-15-27-24-22(26(32)30(15)14-17-7-6-12-35-17)23-25(29-19-9-5-4-8-18(19)28-23)31(24)20-13-16(33-2)10-11-21(20)34-3/h4-5,8-11,13,17H,6-7,12,14H2,1-3H3/t17-/m0/s1. The predicted octanol–water partition coefficient (Wildman–Crippen LogP) is 3.79. The molecule has 0 saturated carbocycles. The van der Waals surface area contributed by atoms with Gasteiger partial charge in [-0.2, -0.15) is 0 Å². The monoisotopic (exact) mass is 471 g/mol. The summed E-state index contributed by atoms with van der Waals surface area (Å²) in [7, 11) is 3.21. The Morgan fingerprint density at radius 3 is 2.54 bits per heavy atom. The van der Waals surface area contributed by atoms with Gasteiger partial charge in [-0.25, -0.2) is 15.0 Å². The molecule has 0 radical (unpaired) electrons. The third-order valence-electron chi connectivity index (χ3n) is 6.59. The molecule has 178 valence electrons. The fraction of sp³-hybridized carbons (Fsp3) is 0.308. The smallest absolute Gasteiger partial charge is 0.265 e. The Morgan fingerprint density at radius 2 is 1.83 bits per heavy atom. The summed E-state index contributed by atoms with van der Waals surface area (Å²) >= 11 is 0. The summed E-state index contributed by atoms with van der Waals surface area (Å²) in [5.74, 6) is 1.85. The van der Waals surface area contributed by atoms with Crippen molar-refractivity contribution in [2.24, 2.45) is 0 Å². The number of ether oxygens (including phenoxy) is 3. The van der Waals surface area contributed by atoms with E-state index in [0.29, 0.717) is 57.3 Å². The normalized spacial score (nSPS) is 15.9. The van der Waals surface area contributed by atoms with E-state index in [-0.39, 0.29) is 11.7 Å². The summed E-state index contributed by atoms with van der Waals surface area (Å²) in [4.78, 5) is 28.6. The van der Waals surface area contributed by atoms with Crippen molar-refractivity contribution < 1.29 is 14.2 Å². The Bertz CT molecular complexity index is 1650. The molecule has 1 saturated heterocycles. The van der Waals surface area contributed by atoms with Crippen LogP contribution in [0.5, 0.6) is 11.5 Å². The highest BCUT2D eigenvalue weighted by molar-refractivity contribution is 6.06. The lowest BCUT2D eigenvalue weighted by Crippen LogP contribution is -2.29. The zero-order valence-electron chi connectivity index (χ0n) is 19.8. The van der Waals surface area contributed by atoms with Crippen molar-refractivity contribution in [3.63, 3.8) is 0 Å². The summed E-state index contributed by atoms with van der Waals surface area (Å²) in [6, 6.07) is 13.1. The zero-order chi connectivity index (χ0) is 24.1. The van der Waals surface area contributed by atoms with Crippen molar-refractivity contribution in [3.8, 4) is 17.2 Å². The van der Waals surface area contributed by atoms with Crippen LogP contribution in [0, 0.1) is 6.92 Å². The molecule has 9 heteroatoms. The Morgan fingerprint density at radius 1 is 1.03 bits per heavy atom. The van der Waals surface area contributed by atoms with Crippen LogP contribution in [0.4, 0.5) is 0 Å². The molecule has 6 rings (SSSR count). The number of para-hydroxylation sites is 2. The van der Waals surface area contributed by atoms with E-state index in [4.69, 9.17) is 29.2 Å². The first-order valence-electron chi connectivity index (χ1n) is 11.6. The maximum absolute atomic E-state index is 13.9. The van der Waals surface area contributed by atoms with Gasteiger partial charge < -0.3 is 14.2 Å². The Hall–Kier alpha value is -3.98. The number of benzene rings is 2. The van der Waals surface area contributed by atoms with Gasteiger partial charge in [-0.3, -0.25) is 13.9 Å².